The van der Waals surface area contributed by atoms with Crippen molar-refractivity contribution in [3.63, 3.8) is 0 Å². The van der Waals surface area contributed by atoms with Crippen LogP contribution in [0, 0.1) is 0 Å². The van der Waals surface area contributed by atoms with E-state index in [9.17, 15) is 17.8 Å². The first-order valence-electron chi connectivity index (χ1n) is 11.7. The molecule has 0 saturated carbocycles. The van der Waals surface area contributed by atoms with Gasteiger partial charge in [-0.3, -0.25) is 9.35 Å². The maximum atomic E-state index is 12.9. The van der Waals surface area contributed by atoms with Gasteiger partial charge >= 0.3 is 0 Å². The third-order valence-electron chi connectivity index (χ3n) is 6.26. The van der Waals surface area contributed by atoms with Crippen molar-refractivity contribution < 1.29 is 27.2 Å². The summed E-state index contributed by atoms with van der Waals surface area (Å²) in [7, 11) is -4.51. The fraction of sp³-hybridized carbons (Fsp3) is 0.321. The van der Waals surface area contributed by atoms with Crippen LogP contribution >= 0.6 is 0 Å². The molecule has 35 heavy (non-hydrogen) atoms. The van der Waals surface area contributed by atoms with Gasteiger partial charge in [-0.15, -0.1) is 0 Å². The predicted molar refractivity (Wildman–Crippen MR) is 136 cm³/mol. The maximum absolute atomic E-state index is 12.9. The molecule has 1 unspecified atom stereocenters. The fourth-order valence-corrected chi connectivity index (χ4v) is 4.04. The van der Waals surface area contributed by atoms with Gasteiger partial charge in [0.25, 0.3) is 10.1 Å². The minimum atomic E-state index is -4.51. The van der Waals surface area contributed by atoms with Crippen LogP contribution in [0.3, 0.4) is 0 Å². The van der Waals surface area contributed by atoms with Crippen molar-refractivity contribution in [3.05, 3.63) is 83.4 Å². The maximum Gasteiger partial charge on any atom is 0.298 e. The largest absolute Gasteiger partial charge is 0.489 e. The van der Waals surface area contributed by atoms with Crippen LogP contribution in [0.1, 0.15) is 68.9 Å². The highest BCUT2D eigenvalue weighted by Crippen LogP contribution is 2.32. The highest BCUT2D eigenvalue weighted by atomic mass is 32.2. The second-order valence-electron chi connectivity index (χ2n) is 9.19. The molecule has 6 nitrogen and oxygen atoms in total. The van der Waals surface area contributed by atoms with Crippen LogP contribution < -0.4 is 9.47 Å². The second-order valence-corrected chi connectivity index (χ2v) is 10.6. The summed E-state index contributed by atoms with van der Waals surface area (Å²) in [5.41, 5.74) is 2.35. The van der Waals surface area contributed by atoms with Gasteiger partial charge in [0.05, 0.1) is 6.10 Å². The highest BCUT2D eigenvalue weighted by molar-refractivity contribution is 7.86. The summed E-state index contributed by atoms with van der Waals surface area (Å²) < 4.78 is 44.7. The van der Waals surface area contributed by atoms with Gasteiger partial charge in [-0.2, -0.15) is 8.42 Å². The molecule has 3 aromatic carbocycles. The Kier molecular flexibility index (Phi) is 8.03. The molecule has 0 aliphatic rings. The summed E-state index contributed by atoms with van der Waals surface area (Å²) in [5.74, 6) is 0.585. The number of carbonyl (C=O) groups is 1. The van der Waals surface area contributed by atoms with Crippen molar-refractivity contribution in [2.24, 2.45) is 0 Å². The molecular formula is C28H32O6S. The summed E-state index contributed by atoms with van der Waals surface area (Å²) in [4.78, 5) is 12.5. The lowest BCUT2D eigenvalue weighted by molar-refractivity contribution is 0.103. The smallest absolute Gasteiger partial charge is 0.298 e. The molecule has 7 heteroatoms. The van der Waals surface area contributed by atoms with Crippen molar-refractivity contribution in [1.82, 2.24) is 0 Å². The zero-order valence-corrected chi connectivity index (χ0v) is 21.6. The molecule has 0 spiro atoms. The van der Waals surface area contributed by atoms with E-state index in [1.54, 1.807) is 37.3 Å². The van der Waals surface area contributed by atoms with E-state index < -0.39 is 10.1 Å². The Labute approximate surface area is 207 Å². The Morgan fingerprint density at radius 2 is 1.46 bits per heavy atom. The van der Waals surface area contributed by atoms with Gasteiger partial charge in [0.2, 0.25) is 0 Å². The lowest BCUT2D eigenvalue weighted by Gasteiger charge is -2.23. The minimum absolute atomic E-state index is 0.0500. The Morgan fingerprint density at radius 1 is 0.914 bits per heavy atom. The SMILES string of the molecule is CCC(C)Oc1ccc(Oc2ccc(C(=O)c3ccc(C(C)(C)CC)cc3)cc2)cc1S(=O)(=O)O. The number of ether oxygens (including phenoxy) is 2. The molecule has 0 fully saturated rings. The third kappa shape index (κ3) is 6.50. The van der Waals surface area contributed by atoms with Gasteiger partial charge in [0, 0.05) is 17.2 Å². The molecular weight excluding hydrogens is 464 g/mol. The van der Waals surface area contributed by atoms with Crippen LogP contribution in [-0.2, 0) is 15.5 Å². The van der Waals surface area contributed by atoms with Gasteiger partial charge in [-0.25, -0.2) is 0 Å². The molecule has 1 N–H and O–H groups in total. The first kappa shape index (κ1) is 26.4. The summed E-state index contributed by atoms with van der Waals surface area (Å²) in [5, 5.41) is 0. The average Bonchev–Trinajstić information content (AvgIpc) is 2.84. The summed E-state index contributed by atoms with van der Waals surface area (Å²) in [6, 6.07) is 18.5. The molecule has 0 aromatic heterocycles. The molecule has 3 rings (SSSR count). The summed E-state index contributed by atoms with van der Waals surface area (Å²) in [6.45, 7) is 10.2. The third-order valence-corrected chi connectivity index (χ3v) is 7.14. The van der Waals surface area contributed by atoms with E-state index in [1.165, 1.54) is 17.7 Å². The van der Waals surface area contributed by atoms with Gasteiger partial charge in [0.15, 0.2) is 5.78 Å². The number of ketones is 1. The Morgan fingerprint density at radius 3 is 1.97 bits per heavy atom. The molecule has 0 aliphatic carbocycles. The normalized spacial score (nSPS) is 12.7. The van der Waals surface area contributed by atoms with Crippen molar-refractivity contribution in [1.29, 1.82) is 0 Å². The Bertz CT molecular complexity index is 1280. The van der Waals surface area contributed by atoms with Crippen LogP contribution in [0.25, 0.3) is 0 Å². The van der Waals surface area contributed by atoms with Crippen LogP contribution in [0.5, 0.6) is 17.2 Å². The first-order valence-corrected chi connectivity index (χ1v) is 13.1. The Hall–Kier alpha value is -3.16. The second kappa shape index (κ2) is 10.6. The summed E-state index contributed by atoms with van der Waals surface area (Å²) in [6.07, 6.45) is 1.46. The number of rotatable bonds is 10. The molecule has 0 radical (unpaired) electrons. The van der Waals surface area contributed by atoms with Crippen LogP contribution in [0.4, 0.5) is 0 Å². The van der Waals surface area contributed by atoms with Gasteiger partial charge in [-0.05, 0) is 67.1 Å². The number of hydrogen-bond acceptors (Lipinski definition) is 5. The highest BCUT2D eigenvalue weighted by Gasteiger charge is 2.21. The van der Waals surface area contributed by atoms with Crippen LogP contribution in [-0.4, -0.2) is 24.9 Å². The monoisotopic (exact) mass is 496 g/mol. The van der Waals surface area contributed by atoms with Crippen molar-refractivity contribution in [2.45, 2.75) is 63.9 Å². The van der Waals surface area contributed by atoms with Gasteiger partial charge < -0.3 is 9.47 Å². The van der Waals surface area contributed by atoms with E-state index in [0.29, 0.717) is 23.3 Å². The van der Waals surface area contributed by atoms with Gasteiger partial charge in [-0.1, -0.05) is 52.0 Å². The van der Waals surface area contributed by atoms with E-state index >= 15 is 0 Å². The van der Waals surface area contributed by atoms with E-state index in [4.69, 9.17) is 9.47 Å². The van der Waals surface area contributed by atoms with Crippen LogP contribution in [0.2, 0.25) is 0 Å². The van der Waals surface area contributed by atoms with Crippen LogP contribution in [0.15, 0.2) is 71.6 Å². The van der Waals surface area contributed by atoms with Crippen molar-refractivity contribution in [2.75, 3.05) is 0 Å². The molecule has 0 bridgehead atoms. The molecule has 0 aliphatic heterocycles. The molecule has 0 heterocycles. The molecule has 0 saturated heterocycles. The number of hydrogen-bond donors (Lipinski definition) is 1. The minimum Gasteiger partial charge on any atom is -0.489 e. The van der Waals surface area contributed by atoms with Crippen molar-refractivity contribution >= 4 is 15.9 Å². The van der Waals surface area contributed by atoms with E-state index in [2.05, 4.69) is 20.8 Å². The zero-order valence-electron chi connectivity index (χ0n) is 20.7. The quantitative estimate of drug-likeness (QED) is 0.245. The lowest BCUT2D eigenvalue weighted by Crippen LogP contribution is -2.15. The lowest BCUT2D eigenvalue weighted by atomic mass is 9.82. The molecule has 186 valence electrons. The molecule has 3 aromatic rings. The van der Waals surface area contributed by atoms with E-state index in [0.717, 1.165) is 6.42 Å². The van der Waals surface area contributed by atoms with E-state index in [1.807, 2.05) is 31.2 Å². The predicted octanol–water partition coefficient (Wildman–Crippen LogP) is 6.82. The standard InChI is InChI=1S/C28H32O6S/c1-6-19(3)33-25-17-16-24(18-26(25)35(30,31)32)34-23-14-10-21(11-15-23)27(29)20-8-12-22(13-9-20)28(4,5)7-2/h8-19H,6-7H2,1-5H3,(H,30,31,32). The molecule has 0 amide bonds. The molecule has 1 atom stereocenters. The summed E-state index contributed by atoms with van der Waals surface area (Å²) >= 11 is 0. The topological polar surface area (TPSA) is 89.9 Å². The number of benzene rings is 3. The van der Waals surface area contributed by atoms with Crippen molar-refractivity contribution in [3.8, 4) is 17.2 Å². The van der Waals surface area contributed by atoms with Gasteiger partial charge in [0.1, 0.15) is 22.1 Å². The average molecular weight is 497 g/mol. The zero-order chi connectivity index (χ0) is 25.8. The van der Waals surface area contributed by atoms with E-state index in [-0.39, 0.29) is 33.7 Å². The fourth-order valence-electron chi connectivity index (χ4n) is 3.40. The Balaban J connectivity index is 1.77. The first-order chi connectivity index (χ1) is 16.4. The number of carbonyl (C=O) groups excluding carboxylic acids is 1.